The highest BCUT2D eigenvalue weighted by Gasteiger charge is 2.10. The van der Waals surface area contributed by atoms with Crippen molar-refractivity contribution >= 4 is 5.69 Å². The lowest BCUT2D eigenvalue weighted by molar-refractivity contribution is 0.572. The molecule has 0 radical (unpaired) electrons. The molecule has 0 heterocycles. The van der Waals surface area contributed by atoms with Gasteiger partial charge in [0.15, 0.2) is 0 Å². The molecule has 148 valence electrons. The van der Waals surface area contributed by atoms with Crippen molar-refractivity contribution in [2.24, 2.45) is 0 Å². The number of benzene rings is 3. The molecule has 0 fully saturated rings. The van der Waals surface area contributed by atoms with E-state index in [1.165, 1.54) is 12.1 Å². The van der Waals surface area contributed by atoms with Gasteiger partial charge in [-0.05, 0) is 65.9 Å². The summed E-state index contributed by atoms with van der Waals surface area (Å²) in [5, 5.41) is 0. The smallest absolute Gasteiger partial charge is 0.149 e. The quantitative estimate of drug-likeness (QED) is 0.315. The van der Waals surface area contributed by atoms with Gasteiger partial charge >= 0.3 is 0 Å². The molecule has 5 heteroatoms. The maximum Gasteiger partial charge on any atom is 0.149 e. The van der Waals surface area contributed by atoms with Crippen molar-refractivity contribution in [1.82, 2.24) is 0 Å². The van der Waals surface area contributed by atoms with Gasteiger partial charge in [-0.3, -0.25) is 0 Å². The van der Waals surface area contributed by atoms with Gasteiger partial charge in [0.2, 0.25) is 0 Å². The Morgan fingerprint density at radius 3 is 1.90 bits per heavy atom. The normalized spacial score (nSPS) is 10.5. The van der Waals surface area contributed by atoms with Crippen molar-refractivity contribution in [3.63, 3.8) is 0 Å². The van der Waals surface area contributed by atoms with Crippen LogP contribution in [-0.4, -0.2) is 0 Å². The first-order valence-electron chi connectivity index (χ1n) is 9.24. The average Bonchev–Trinajstić information content (AvgIpc) is 2.70. The molecule has 0 amide bonds. The van der Waals surface area contributed by atoms with Crippen molar-refractivity contribution < 1.29 is 17.6 Å². The third-order valence-corrected chi connectivity index (χ3v) is 4.55. The van der Waals surface area contributed by atoms with Gasteiger partial charge in [0.25, 0.3) is 0 Å². The Morgan fingerprint density at radius 2 is 1.34 bits per heavy atom. The van der Waals surface area contributed by atoms with Crippen LogP contribution in [0.2, 0.25) is 0 Å². The third kappa shape index (κ3) is 4.78. The fourth-order valence-electron chi connectivity index (χ4n) is 2.90. The molecular formula is C24H19F4N. The number of halogens is 4. The van der Waals surface area contributed by atoms with Gasteiger partial charge in [0.1, 0.15) is 29.0 Å². The van der Waals surface area contributed by atoms with Crippen LogP contribution in [0.4, 0.5) is 23.2 Å². The van der Waals surface area contributed by atoms with Gasteiger partial charge in [-0.2, -0.15) is 0 Å². The van der Waals surface area contributed by atoms with Gasteiger partial charge < -0.3 is 5.73 Å². The van der Waals surface area contributed by atoms with Crippen LogP contribution >= 0.6 is 0 Å². The molecule has 3 aromatic rings. The molecule has 3 rings (SSSR count). The fraction of sp³-hybridized carbons (Fsp3) is 0.167. The predicted molar refractivity (Wildman–Crippen MR) is 107 cm³/mol. The minimum Gasteiger partial charge on any atom is -0.394 e. The van der Waals surface area contributed by atoms with E-state index >= 15 is 0 Å². The van der Waals surface area contributed by atoms with E-state index in [1.807, 2.05) is 6.92 Å². The third-order valence-electron chi connectivity index (χ3n) is 4.55. The van der Waals surface area contributed by atoms with Crippen molar-refractivity contribution in [2.75, 3.05) is 5.73 Å². The van der Waals surface area contributed by atoms with E-state index < -0.39 is 29.0 Å². The summed E-state index contributed by atoms with van der Waals surface area (Å²) in [5.74, 6) is 2.20. The maximum atomic E-state index is 14.2. The summed E-state index contributed by atoms with van der Waals surface area (Å²) in [4.78, 5) is 0. The summed E-state index contributed by atoms with van der Waals surface area (Å²) in [6.45, 7) is 2.01. The second kappa shape index (κ2) is 8.83. The summed E-state index contributed by atoms with van der Waals surface area (Å²) in [5.41, 5.74) is 6.48. The zero-order valence-corrected chi connectivity index (χ0v) is 15.8. The van der Waals surface area contributed by atoms with Crippen LogP contribution in [0.15, 0.2) is 48.5 Å². The van der Waals surface area contributed by atoms with E-state index in [0.29, 0.717) is 28.7 Å². The SMILES string of the molecule is CCCCc1cc(F)c(C#Cc2ccc(-c3cc(F)c(N)c(F)c3)cc2)c(F)c1. The van der Waals surface area contributed by atoms with Crippen LogP contribution in [0, 0.1) is 35.1 Å². The second-order valence-electron chi connectivity index (χ2n) is 6.72. The van der Waals surface area contributed by atoms with Crippen LogP contribution in [0.3, 0.4) is 0 Å². The standard InChI is InChI=1S/C24H19F4N/c1-2-3-4-16-11-20(25)19(21(26)12-16)10-7-15-5-8-17(9-6-15)18-13-22(27)24(29)23(28)14-18/h5-6,8-9,11-14H,2-4,29H2,1H3. The summed E-state index contributed by atoms with van der Waals surface area (Å²) >= 11 is 0. The molecule has 1 nitrogen and oxygen atoms in total. The molecule has 0 bridgehead atoms. The van der Waals surface area contributed by atoms with Crippen molar-refractivity contribution in [1.29, 1.82) is 0 Å². The molecular weight excluding hydrogens is 378 g/mol. The topological polar surface area (TPSA) is 26.0 Å². The highest BCUT2D eigenvalue weighted by molar-refractivity contribution is 5.67. The molecule has 2 N–H and O–H groups in total. The first-order valence-corrected chi connectivity index (χ1v) is 9.24. The molecule has 0 unspecified atom stereocenters. The lowest BCUT2D eigenvalue weighted by Gasteiger charge is -2.05. The molecule has 3 aromatic carbocycles. The zero-order chi connectivity index (χ0) is 21.0. The molecule has 0 aliphatic heterocycles. The minimum atomic E-state index is -0.836. The van der Waals surface area contributed by atoms with E-state index in [9.17, 15) is 17.6 Å². The van der Waals surface area contributed by atoms with Crippen molar-refractivity contribution in [3.8, 4) is 23.0 Å². The molecule has 0 saturated carbocycles. The first kappa shape index (κ1) is 20.5. The number of nitrogen functional groups attached to an aromatic ring is 1. The van der Waals surface area contributed by atoms with Crippen LogP contribution < -0.4 is 5.73 Å². The molecule has 0 aliphatic carbocycles. The van der Waals surface area contributed by atoms with Crippen LogP contribution in [0.25, 0.3) is 11.1 Å². The lowest BCUT2D eigenvalue weighted by atomic mass is 10.0. The second-order valence-corrected chi connectivity index (χ2v) is 6.72. The lowest BCUT2D eigenvalue weighted by Crippen LogP contribution is -1.96. The fourth-order valence-corrected chi connectivity index (χ4v) is 2.90. The van der Waals surface area contributed by atoms with E-state index in [2.05, 4.69) is 11.8 Å². The van der Waals surface area contributed by atoms with Gasteiger partial charge in [-0.15, -0.1) is 0 Å². The van der Waals surface area contributed by atoms with E-state index in [-0.39, 0.29) is 5.56 Å². The Hall–Kier alpha value is -3.26. The highest BCUT2D eigenvalue weighted by atomic mass is 19.1. The number of rotatable bonds is 4. The van der Waals surface area contributed by atoms with Crippen LogP contribution in [0.1, 0.15) is 36.5 Å². The Bertz CT molecular complexity index is 1050. The number of hydrogen-bond donors (Lipinski definition) is 1. The number of nitrogens with two attached hydrogens (primary N) is 1. The Morgan fingerprint density at radius 1 is 0.759 bits per heavy atom. The predicted octanol–water partition coefficient (Wildman–Crippen LogP) is 6.23. The number of unbranched alkanes of at least 4 members (excludes halogenated alkanes) is 1. The van der Waals surface area contributed by atoms with E-state index in [1.54, 1.807) is 24.3 Å². The minimum absolute atomic E-state index is 0.281. The maximum absolute atomic E-state index is 14.2. The largest absolute Gasteiger partial charge is 0.394 e. The summed E-state index contributed by atoms with van der Waals surface area (Å²) in [6, 6.07) is 11.4. The molecule has 0 aliphatic rings. The van der Waals surface area contributed by atoms with Gasteiger partial charge in [0.05, 0.1) is 5.56 Å². The number of anilines is 1. The van der Waals surface area contributed by atoms with Gasteiger partial charge in [0, 0.05) is 5.56 Å². The molecule has 0 aromatic heterocycles. The number of aryl methyl sites for hydroxylation is 1. The van der Waals surface area contributed by atoms with Crippen molar-refractivity contribution in [3.05, 3.63) is 88.5 Å². The Balaban J connectivity index is 1.84. The van der Waals surface area contributed by atoms with Crippen molar-refractivity contribution in [2.45, 2.75) is 26.2 Å². The van der Waals surface area contributed by atoms with E-state index in [4.69, 9.17) is 5.73 Å². The first-order chi connectivity index (χ1) is 13.9. The Labute approximate surface area is 167 Å². The highest BCUT2D eigenvalue weighted by Crippen LogP contribution is 2.26. The average molecular weight is 397 g/mol. The van der Waals surface area contributed by atoms with Crippen LogP contribution in [-0.2, 0) is 6.42 Å². The summed E-state index contributed by atoms with van der Waals surface area (Å²) in [6.07, 6.45) is 2.42. The number of hydrogen-bond acceptors (Lipinski definition) is 1. The molecule has 29 heavy (non-hydrogen) atoms. The summed E-state index contributed by atoms with van der Waals surface area (Å²) < 4.78 is 55.7. The Kier molecular flexibility index (Phi) is 6.23. The summed E-state index contributed by atoms with van der Waals surface area (Å²) in [7, 11) is 0. The van der Waals surface area contributed by atoms with Crippen LogP contribution in [0.5, 0.6) is 0 Å². The molecule has 0 atom stereocenters. The van der Waals surface area contributed by atoms with Gasteiger partial charge in [-0.1, -0.05) is 37.3 Å². The van der Waals surface area contributed by atoms with E-state index in [0.717, 1.165) is 25.0 Å². The molecule has 0 saturated heterocycles. The monoisotopic (exact) mass is 397 g/mol. The zero-order valence-electron chi connectivity index (χ0n) is 15.8. The van der Waals surface area contributed by atoms with Gasteiger partial charge in [-0.25, -0.2) is 17.6 Å². The molecule has 0 spiro atoms.